The number of aliphatic imine (C=N–C) groups is 1. The lowest BCUT2D eigenvalue weighted by Gasteiger charge is -2.45. The minimum absolute atomic E-state index is 0.0830. The van der Waals surface area contributed by atoms with Crippen molar-refractivity contribution in [3.8, 4) is 0 Å². The van der Waals surface area contributed by atoms with Crippen molar-refractivity contribution < 1.29 is 18.0 Å². The predicted octanol–water partition coefficient (Wildman–Crippen LogP) is 2.60. The lowest BCUT2D eigenvalue weighted by atomic mass is 9.92. The SMILES string of the molecule is CC1=NC(c2ccnc(C(F)(F)F)c2)N(C2CC2)N1/C=C(/C(=O)N1CC(C)(N)C1)c1cncnc1. The molecule has 1 atom stereocenters. The summed E-state index contributed by atoms with van der Waals surface area (Å²) in [5.41, 5.74) is 5.96. The third kappa shape index (κ3) is 4.63. The highest BCUT2D eigenvalue weighted by Crippen LogP contribution is 2.42. The number of pyridine rings is 1. The Balaban J connectivity index is 1.52. The van der Waals surface area contributed by atoms with E-state index in [4.69, 9.17) is 5.73 Å². The summed E-state index contributed by atoms with van der Waals surface area (Å²) in [5.74, 6) is 0.333. The molecule has 0 spiro atoms. The number of nitrogens with zero attached hydrogens (tertiary/aromatic N) is 7. The maximum atomic E-state index is 13.4. The summed E-state index contributed by atoms with van der Waals surface area (Å²) in [7, 11) is 0. The first-order chi connectivity index (χ1) is 16.5. The quantitative estimate of drug-likeness (QED) is 0.648. The molecular formula is C23H25F3N8O. The summed E-state index contributed by atoms with van der Waals surface area (Å²) in [4.78, 5) is 31.3. The van der Waals surface area contributed by atoms with E-state index in [1.54, 1.807) is 41.5 Å². The fourth-order valence-electron chi connectivity index (χ4n) is 4.40. The molecule has 0 bridgehead atoms. The number of rotatable bonds is 5. The minimum atomic E-state index is -4.56. The summed E-state index contributed by atoms with van der Waals surface area (Å²) in [6.45, 7) is 4.47. The van der Waals surface area contributed by atoms with Gasteiger partial charge in [-0.3, -0.25) is 14.8 Å². The van der Waals surface area contributed by atoms with E-state index in [-0.39, 0.29) is 11.9 Å². The van der Waals surface area contributed by atoms with Gasteiger partial charge in [-0.1, -0.05) is 0 Å². The van der Waals surface area contributed by atoms with E-state index in [0.29, 0.717) is 35.6 Å². The highest BCUT2D eigenvalue weighted by Gasteiger charge is 2.44. The number of carbonyl (C=O) groups is 1. The smallest absolute Gasteiger partial charge is 0.335 e. The maximum absolute atomic E-state index is 13.4. The molecule has 0 radical (unpaired) electrons. The van der Waals surface area contributed by atoms with Crippen molar-refractivity contribution in [2.45, 2.75) is 50.6 Å². The largest absolute Gasteiger partial charge is 0.433 e. The van der Waals surface area contributed by atoms with Crippen LogP contribution in [0, 0.1) is 0 Å². The summed E-state index contributed by atoms with van der Waals surface area (Å²) >= 11 is 0. The monoisotopic (exact) mass is 486 g/mol. The minimum Gasteiger partial charge on any atom is -0.335 e. The number of aromatic nitrogens is 3. The van der Waals surface area contributed by atoms with Gasteiger partial charge in [0.1, 0.15) is 24.0 Å². The lowest BCUT2D eigenvalue weighted by Crippen LogP contribution is -2.66. The standard InChI is InChI=1S/C23H25F3N8O/c1-14-31-20(15-5-6-30-19(7-15)23(24,25)26)34(17-3-4-17)33(14)10-18(16-8-28-13-29-9-16)21(35)32-11-22(2,27)12-32/h5-10,13,17,20H,3-4,11-12,27H2,1-2H3/b18-10+. The number of likely N-dealkylation sites (tertiary alicyclic amines) is 1. The molecule has 184 valence electrons. The van der Waals surface area contributed by atoms with Crippen molar-refractivity contribution in [3.05, 3.63) is 60.1 Å². The van der Waals surface area contributed by atoms with Gasteiger partial charge in [0.15, 0.2) is 0 Å². The lowest BCUT2D eigenvalue weighted by molar-refractivity contribution is -0.141. The summed E-state index contributed by atoms with van der Waals surface area (Å²) in [6.07, 6.45) is 3.83. The van der Waals surface area contributed by atoms with Crippen LogP contribution in [0.25, 0.3) is 5.57 Å². The second kappa shape index (κ2) is 8.38. The molecule has 4 heterocycles. The molecule has 12 heteroatoms. The Kier molecular flexibility index (Phi) is 5.59. The van der Waals surface area contributed by atoms with Crippen LogP contribution >= 0.6 is 0 Å². The van der Waals surface area contributed by atoms with Crippen LogP contribution in [0.15, 0.2) is 48.2 Å². The first-order valence-electron chi connectivity index (χ1n) is 11.2. The third-order valence-electron chi connectivity index (χ3n) is 6.18. The molecule has 1 aliphatic carbocycles. The number of halogens is 3. The molecule has 3 aliphatic rings. The van der Waals surface area contributed by atoms with E-state index in [2.05, 4.69) is 19.9 Å². The highest BCUT2D eigenvalue weighted by atomic mass is 19.4. The Hall–Kier alpha value is -3.38. The van der Waals surface area contributed by atoms with Crippen LogP contribution in [0.1, 0.15) is 49.7 Å². The van der Waals surface area contributed by atoms with Gasteiger partial charge in [-0.2, -0.15) is 18.2 Å². The van der Waals surface area contributed by atoms with Gasteiger partial charge in [0, 0.05) is 55.0 Å². The zero-order valence-corrected chi connectivity index (χ0v) is 19.3. The van der Waals surface area contributed by atoms with Gasteiger partial charge in [0.05, 0.1) is 5.57 Å². The van der Waals surface area contributed by atoms with Gasteiger partial charge in [0.2, 0.25) is 0 Å². The summed E-state index contributed by atoms with van der Waals surface area (Å²) in [5, 5.41) is 3.68. The Morgan fingerprint density at radius 3 is 2.51 bits per heavy atom. The number of hydrogen-bond donors (Lipinski definition) is 1. The molecule has 35 heavy (non-hydrogen) atoms. The first kappa shape index (κ1) is 23.4. The van der Waals surface area contributed by atoms with E-state index in [0.717, 1.165) is 25.1 Å². The van der Waals surface area contributed by atoms with Gasteiger partial charge in [0.25, 0.3) is 5.91 Å². The predicted molar refractivity (Wildman–Crippen MR) is 121 cm³/mol. The molecule has 1 unspecified atom stereocenters. The Bertz CT molecular complexity index is 1180. The zero-order valence-electron chi connectivity index (χ0n) is 19.3. The summed E-state index contributed by atoms with van der Waals surface area (Å²) in [6, 6.07) is 2.65. The number of amides is 1. The molecule has 1 amide bonds. The number of hydrogen-bond acceptors (Lipinski definition) is 8. The molecule has 0 aromatic carbocycles. The fraction of sp³-hybridized carbons (Fsp3) is 0.435. The van der Waals surface area contributed by atoms with Gasteiger partial charge < -0.3 is 10.6 Å². The molecule has 2 aromatic heterocycles. The molecule has 1 saturated carbocycles. The fourth-order valence-corrected chi connectivity index (χ4v) is 4.40. The maximum Gasteiger partial charge on any atom is 0.433 e. The normalized spacial score (nSPS) is 22.7. The van der Waals surface area contributed by atoms with E-state index in [9.17, 15) is 18.0 Å². The molecule has 2 aromatic rings. The van der Waals surface area contributed by atoms with Crippen LogP contribution in [0.4, 0.5) is 13.2 Å². The van der Waals surface area contributed by atoms with Gasteiger partial charge in [-0.15, -0.1) is 0 Å². The van der Waals surface area contributed by atoms with Crippen molar-refractivity contribution >= 4 is 17.3 Å². The molecule has 2 N–H and O–H groups in total. The Labute approximate surface area is 200 Å². The van der Waals surface area contributed by atoms with Gasteiger partial charge >= 0.3 is 6.18 Å². The molecule has 2 fully saturated rings. The Morgan fingerprint density at radius 2 is 1.91 bits per heavy atom. The molecule has 9 nitrogen and oxygen atoms in total. The van der Waals surface area contributed by atoms with Crippen LogP contribution in [0.2, 0.25) is 0 Å². The summed E-state index contributed by atoms with van der Waals surface area (Å²) < 4.78 is 39.9. The van der Waals surface area contributed by atoms with Crippen LogP contribution in [-0.4, -0.2) is 66.3 Å². The van der Waals surface area contributed by atoms with Gasteiger partial charge in [-0.05, 0) is 44.4 Å². The van der Waals surface area contributed by atoms with Gasteiger partial charge in [-0.25, -0.2) is 15.0 Å². The molecular weight excluding hydrogens is 461 g/mol. The third-order valence-corrected chi connectivity index (χ3v) is 6.18. The average molecular weight is 487 g/mol. The first-order valence-corrected chi connectivity index (χ1v) is 11.2. The van der Waals surface area contributed by atoms with Crippen molar-refractivity contribution in [1.29, 1.82) is 0 Å². The topological polar surface area (TPSA) is 104 Å². The van der Waals surface area contributed by atoms with E-state index < -0.39 is 23.6 Å². The average Bonchev–Trinajstić information content (AvgIpc) is 3.58. The van der Waals surface area contributed by atoms with E-state index in [1.807, 2.05) is 11.9 Å². The number of amidine groups is 1. The highest BCUT2D eigenvalue weighted by molar-refractivity contribution is 6.19. The number of carbonyl (C=O) groups excluding carboxylic acids is 1. The van der Waals surface area contributed by atoms with E-state index >= 15 is 0 Å². The molecule has 1 saturated heterocycles. The van der Waals surface area contributed by atoms with Crippen molar-refractivity contribution in [1.82, 2.24) is 29.9 Å². The number of alkyl halides is 3. The second-order valence-corrected chi connectivity index (χ2v) is 9.46. The molecule has 5 rings (SSSR count). The van der Waals surface area contributed by atoms with Crippen LogP contribution in [0.3, 0.4) is 0 Å². The Morgan fingerprint density at radius 1 is 1.23 bits per heavy atom. The molecule has 2 aliphatic heterocycles. The van der Waals surface area contributed by atoms with Crippen LogP contribution in [0.5, 0.6) is 0 Å². The number of hydrazine groups is 1. The van der Waals surface area contributed by atoms with Crippen molar-refractivity contribution in [2.24, 2.45) is 10.7 Å². The second-order valence-electron chi connectivity index (χ2n) is 9.46. The van der Waals surface area contributed by atoms with E-state index in [1.165, 1.54) is 6.33 Å². The van der Waals surface area contributed by atoms with Crippen molar-refractivity contribution in [3.63, 3.8) is 0 Å². The van der Waals surface area contributed by atoms with Crippen LogP contribution < -0.4 is 5.73 Å². The number of nitrogens with two attached hydrogens (primary N) is 1. The van der Waals surface area contributed by atoms with Crippen molar-refractivity contribution in [2.75, 3.05) is 13.1 Å². The zero-order chi connectivity index (χ0) is 25.0. The van der Waals surface area contributed by atoms with Crippen LogP contribution in [-0.2, 0) is 11.0 Å².